The molecule has 5 nitrogen and oxygen atoms in total. The zero-order valence-electron chi connectivity index (χ0n) is 14.8. The van der Waals surface area contributed by atoms with E-state index in [2.05, 4.69) is 5.32 Å². The lowest BCUT2D eigenvalue weighted by molar-refractivity contribution is -0.115. The van der Waals surface area contributed by atoms with Gasteiger partial charge in [-0.05, 0) is 49.8 Å². The molecule has 2 aromatic rings. The van der Waals surface area contributed by atoms with Crippen molar-refractivity contribution < 1.29 is 19.1 Å². The molecule has 1 amide bonds. The maximum atomic E-state index is 12.4. The van der Waals surface area contributed by atoms with Gasteiger partial charge in [-0.3, -0.25) is 4.79 Å². The molecule has 3 rings (SSSR count). The lowest BCUT2D eigenvalue weighted by atomic mass is 10.1. The minimum atomic E-state index is -0.460. The Bertz CT molecular complexity index is 935. The molecular formula is C20H17NO4S2. The second-order valence-electron chi connectivity index (χ2n) is 5.75. The van der Waals surface area contributed by atoms with E-state index in [0.717, 1.165) is 11.1 Å². The number of rotatable bonds is 5. The summed E-state index contributed by atoms with van der Waals surface area (Å²) in [5, 5.41) is 2.57. The molecule has 0 spiro atoms. The van der Waals surface area contributed by atoms with Crippen LogP contribution in [0.4, 0.5) is 0 Å². The summed E-state index contributed by atoms with van der Waals surface area (Å²) < 4.78 is 11.5. The molecule has 1 N–H and O–H groups in total. The summed E-state index contributed by atoms with van der Waals surface area (Å²) in [5.41, 5.74) is 2.27. The third-order valence-corrected chi connectivity index (χ3v) is 4.86. The van der Waals surface area contributed by atoms with Gasteiger partial charge in [-0.1, -0.05) is 47.7 Å². The number of carbonyl (C=O) groups is 2. The summed E-state index contributed by atoms with van der Waals surface area (Å²) in [6, 6.07) is 12.3. The molecule has 1 heterocycles. The van der Waals surface area contributed by atoms with Crippen LogP contribution in [0.2, 0.25) is 0 Å². The van der Waals surface area contributed by atoms with Gasteiger partial charge in [-0.2, -0.15) is 0 Å². The maximum absolute atomic E-state index is 12.4. The summed E-state index contributed by atoms with van der Waals surface area (Å²) in [4.78, 5) is 24.7. The third kappa shape index (κ3) is 4.75. The topological polar surface area (TPSA) is 64.6 Å². The van der Waals surface area contributed by atoms with Crippen molar-refractivity contribution in [3.63, 3.8) is 0 Å². The zero-order chi connectivity index (χ0) is 19.4. The highest BCUT2D eigenvalue weighted by atomic mass is 32.2. The second kappa shape index (κ2) is 8.37. The smallest absolute Gasteiger partial charge is 0.343 e. The van der Waals surface area contributed by atoms with E-state index in [0.29, 0.717) is 32.9 Å². The number of benzene rings is 2. The second-order valence-corrected chi connectivity index (χ2v) is 7.47. The van der Waals surface area contributed by atoms with Gasteiger partial charge in [0.15, 0.2) is 11.5 Å². The van der Waals surface area contributed by atoms with Crippen LogP contribution in [-0.2, 0) is 4.79 Å². The molecule has 0 radical (unpaired) electrons. The highest BCUT2D eigenvalue weighted by Gasteiger charge is 2.22. The summed E-state index contributed by atoms with van der Waals surface area (Å²) in [6.45, 7) is 4.20. The number of aryl methyl sites for hydroxylation is 1. The SMILES string of the molecule is CCOc1cc(/C=C2/SC(=S)NC2=O)ccc1OC(=O)c1ccc(C)cc1. The number of thiocarbonyl (C=S) groups is 1. The molecule has 1 aliphatic rings. The molecule has 0 aliphatic carbocycles. The van der Waals surface area contributed by atoms with Crippen LogP contribution < -0.4 is 14.8 Å². The van der Waals surface area contributed by atoms with Gasteiger partial charge >= 0.3 is 5.97 Å². The Morgan fingerprint density at radius 1 is 1.19 bits per heavy atom. The first-order chi connectivity index (χ1) is 13.0. The van der Waals surface area contributed by atoms with E-state index in [1.54, 1.807) is 36.4 Å². The molecule has 1 aliphatic heterocycles. The van der Waals surface area contributed by atoms with E-state index >= 15 is 0 Å². The first-order valence-corrected chi connectivity index (χ1v) is 9.49. The van der Waals surface area contributed by atoms with Gasteiger partial charge in [0.05, 0.1) is 17.1 Å². The van der Waals surface area contributed by atoms with Crippen LogP contribution in [-0.4, -0.2) is 22.8 Å². The van der Waals surface area contributed by atoms with Crippen molar-refractivity contribution in [2.75, 3.05) is 6.61 Å². The lowest BCUT2D eigenvalue weighted by Gasteiger charge is -2.11. The van der Waals surface area contributed by atoms with Crippen molar-refractivity contribution in [3.05, 3.63) is 64.1 Å². The van der Waals surface area contributed by atoms with E-state index in [-0.39, 0.29) is 5.91 Å². The van der Waals surface area contributed by atoms with Gasteiger partial charge in [0.2, 0.25) is 0 Å². The lowest BCUT2D eigenvalue weighted by Crippen LogP contribution is -2.17. The minimum Gasteiger partial charge on any atom is -0.490 e. The molecule has 1 saturated heterocycles. The Morgan fingerprint density at radius 3 is 2.56 bits per heavy atom. The van der Waals surface area contributed by atoms with Crippen molar-refractivity contribution in [3.8, 4) is 11.5 Å². The first kappa shape index (κ1) is 19.1. The van der Waals surface area contributed by atoms with Crippen molar-refractivity contribution in [2.24, 2.45) is 0 Å². The predicted molar refractivity (Wildman–Crippen MR) is 110 cm³/mol. The number of esters is 1. The van der Waals surface area contributed by atoms with E-state index < -0.39 is 5.97 Å². The average Bonchev–Trinajstić information content (AvgIpc) is 2.95. The summed E-state index contributed by atoms with van der Waals surface area (Å²) in [5.74, 6) is 0.0675. The monoisotopic (exact) mass is 399 g/mol. The molecule has 0 atom stereocenters. The minimum absolute atomic E-state index is 0.224. The predicted octanol–water partition coefficient (Wildman–Crippen LogP) is 4.10. The molecule has 2 aromatic carbocycles. The molecule has 0 unspecified atom stereocenters. The van der Waals surface area contributed by atoms with Crippen LogP contribution in [0.25, 0.3) is 6.08 Å². The largest absolute Gasteiger partial charge is 0.490 e. The Hall–Kier alpha value is -2.64. The van der Waals surface area contributed by atoms with Crippen LogP contribution in [0.15, 0.2) is 47.4 Å². The van der Waals surface area contributed by atoms with E-state index in [1.807, 2.05) is 26.0 Å². The standard InChI is InChI=1S/C20H17NO4S2/c1-3-24-16-10-13(11-17-18(22)21-20(26)27-17)6-9-15(16)25-19(23)14-7-4-12(2)5-8-14/h4-11H,3H2,1-2H3,(H,21,22,26)/b17-11+. The fourth-order valence-corrected chi connectivity index (χ4v) is 3.43. The fourth-order valence-electron chi connectivity index (χ4n) is 2.39. The zero-order valence-corrected chi connectivity index (χ0v) is 16.4. The Balaban J connectivity index is 1.84. The number of hydrogen-bond donors (Lipinski definition) is 1. The van der Waals surface area contributed by atoms with Crippen molar-refractivity contribution >= 4 is 46.3 Å². The van der Waals surface area contributed by atoms with Gasteiger partial charge < -0.3 is 14.8 Å². The number of carbonyl (C=O) groups excluding carboxylic acids is 2. The molecule has 7 heteroatoms. The number of amides is 1. The van der Waals surface area contributed by atoms with Gasteiger partial charge in [0, 0.05) is 0 Å². The Labute approximate surface area is 166 Å². The van der Waals surface area contributed by atoms with E-state index in [9.17, 15) is 9.59 Å². The fraction of sp³-hybridized carbons (Fsp3) is 0.150. The van der Waals surface area contributed by atoms with Crippen molar-refractivity contribution in [2.45, 2.75) is 13.8 Å². The molecule has 138 valence electrons. The maximum Gasteiger partial charge on any atom is 0.343 e. The highest BCUT2D eigenvalue weighted by Crippen LogP contribution is 2.32. The van der Waals surface area contributed by atoms with Crippen LogP contribution in [0.5, 0.6) is 11.5 Å². The molecule has 0 bridgehead atoms. The van der Waals surface area contributed by atoms with Crippen LogP contribution in [0.1, 0.15) is 28.4 Å². The highest BCUT2D eigenvalue weighted by molar-refractivity contribution is 8.26. The van der Waals surface area contributed by atoms with Crippen LogP contribution in [0, 0.1) is 6.92 Å². The third-order valence-electron chi connectivity index (χ3n) is 3.70. The van der Waals surface area contributed by atoms with Gasteiger partial charge in [0.25, 0.3) is 5.91 Å². The Morgan fingerprint density at radius 2 is 1.93 bits per heavy atom. The molecule has 1 fully saturated rings. The van der Waals surface area contributed by atoms with Crippen molar-refractivity contribution in [1.29, 1.82) is 0 Å². The van der Waals surface area contributed by atoms with E-state index in [4.69, 9.17) is 21.7 Å². The molecule has 27 heavy (non-hydrogen) atoms. The summed E-state index contributed by atoms with van der Waals surface area (Å²) >= 11 is 6.19. The number of ether oxygens (including phenoxy) is 2. The Kier molecular flexibility index (Phi) is 5.93. The van der Waals surface area contributed by atoms with Gasteiger partial charge in [-0.25, -0.2) is 4.79 Å². The van der Waals surface area contributed by atoms with Crippen LogP contribution >= 0.6 is 24.0 Å². The average molecular weight is 399 g/mol. The molecule has 0 saturated carbocycles. The number of hydrogen-bond acceptors (Lipinski definition) is 6. The number of nitrogens with one attached hydrogen (secondary N) is 1. The summed E-state index contributed by atoms with van der Waals surface area (Å²) in [7, 11) is 0. The normalized spacial score (nSPS) is 15.0. The van der Waals surface area contributed by atoms with Crippen LogP contribution in [0.3, 0.4) is 0 Å². The van der Waals surface area contributed by atoms with E-state index in [1.165, 1.54) is 11.8 Å². The molecular weight excluding hydrogens is 382 g/mol. The van der Waals surface area contributed by atoms with Crippen molar-refractivity contribution in [1.82, 2.24) is 5.32 Å². The van der Waals surface area contributed by atoms with Gasteiger partial charge in [0.1, 0.15) is 4.32 Å². The quantitative estimate of drug-likeness (QED) is 0.353. The number of thioether (sulfide) groups is 1. The summed E-state index contributed by atoms with van der Waals surface area (Å²) in [6.07, 6.45) is 1.72. The van der Waals surface area contributed by atoms with Gasteiger partial charge in [-0.15, -0.1) is 0 Å². The molecule has 0 aromatic heterocycles. The first-order valence-electron chi connectivity index (χ1n) is 8.27.